The zero-order chi connectivity index (χ0) is 18.4. The number of nitrogens with one attached hydrogen (secondary N) is 1. The predicted molar refractivity (Wildman–Crippen MR) is 81.3 cm³/mol. The van der Waals surface area contributed by atoms with E-state index in [0.717, 1.165) is 0 Å². The van der Waals surface area contributed by atoms with Crippen LogP contribution >= 0.6 is 7.82 Å². The second-order valence-corrected chi connectivity index (χ2v) is 6.56. The van der Waals surface area contributed by atoms with Crippen molar-refractivity contribution in [3.8, 4) is 0 Å². The Morgan fingerprint density at radius 2 is 2.24 bits per heavy atom. The van der Waals surface area contributed by atoms with Gasteiger partial charge >= 0.3 is 7.82 Å². The molecule has 0 aromatic carbocycles. The van der Waals surface area contributed by atoms with Crippen LogP contribution < -0.4 is 11.3 Å². The number of ether oxygens (including phenoxy) is 2. The summed E-state index contributed by atoms with van der Waals surface area (Å²) in [5, 5.41) is 10.4. The molecule has 0 bridgehead atoms. The van der Waals surface area contributed by atoms with E-state index in [1.54, 1.807) is 0 Å². The normalized spacial score (nSPS) is 27.2. The summed E-state index contributed by atoms with van der Waals surface area (Å²) in [5.74, 6) is -0.142. The second-order valence-electron chi connectivity index (χ2n) is 5.32. The van der Waals surface area contributed by atoms with Crippen LogP contribution in [0.25, 0.3) is 11.2 Å². The molecule has 0 spiro atoms. The van der Waals surface area contributed by atoms with Crippen molar-refractivity contribution in [2.45, 2.75) is 24.5 Å². The largest absolute Gasteiger partial charge is 0.469 e. The topological polar surface area (TPSA) is 195 Å². The van der Waals surface area contributed by atoms with Crippen LogP contribution in [-0.2, 0) is 18.6 Å². The van der Waals surface area contributed by atoms with Gasteiger partial charge in [0.25, 0.3) is 5.56 Å². The van der Waals surface area contributed by atoms with E-state index in [-0.39, 0.29) is 17.1 Å². The highest BCUT2D eigenvalue weighted by atomic mass is 31.2. The van der Waals surface area contributed by atoms with Crippen LogP contribution in [0.1, 0.15) is 6.23 Å². The van der Waals surface area contributed by atoms with Gasteiger partial charge in [0.1, 0.15) is 18.3 Å². The van der Waals surface area contributed by atoms with Crippen molar-refractivity contribution in [2.75, 3.05) is 19.5 Å². The Morgan fingerprint density at radius 3 is 2.88 bits per heavy atom. The number of aromatic amines is 1. The monoisotopic (exact) mass is 377 g/mol. The van der Waals surface area contributed by atoms with Gasteiger partial charge in [-0.2, -0.15) is 4.98 Å². The number of aliphatic hydroxyl groups excluding tert-OH is 1. The summed E-state index contributed by atoms with van der Waals surface area (Å²) >= 11 is 0. The number of aromatic nitrogens is 4. The van der Waals surface area contributed by atoms with Crippen LogP contribution in [0.4, 0.5) is 5.95 Å². The van der Waals surface area contributed by atoms with Crippen molar-refractivity contribution >= 4 is 24.9 Å². The fourth-order valence-electron chi connectivity index (χ4n) is 2.67. The van der Waals surface area contributed by atoms with Crippen LogP contribution in [-0.4, -0.2) is 66.4 Å². The van der Waals surface area contributed by atoms with Gasteiger partial charge in [-0.1, -0.05) is 0 Å². The zero-order valence-corrected chi connectivity index (χ0v) is 13.7. The van der Waals surface area contributed by atoms with E-state index >= 15 is 0 Å². The van der Waals surface area contributed by atoms with Gasteiger partial charge in [-0.3, -0.25) is 18.9 Å². The lowest BCUT2D eigenvalue weighted by Gasteiger charge is -2.18. The molecule has 1 aliphatic heterocycles. The lowest BCUT2D eigenvalue weighted by Crippen LogP contribution is -2.35. The second kappa shape index (κ2) is 6.46. The lowest BCUT2D eigenvalue weighted by atomic mass is 10.1. The molecule has 0 saturated carbocycles. The molecular weight excluding hydrogens is 361 g/mol. The number of anilines is 1. The van der Waals surface area contributed by atoms with Crippen LogP contribution in [0.5, 0.6) is 0 Å². The third-order valence-corrected chi connectivity index (χ3v) is 4.20. The van der Waals surface area contributed by atoms with Gasteiger partial charge in [-0.15, -0.1) is 0 Å². The zero-order valence-electron chi connectivity index (χ0n) is 12.8. The highest BCUT2D eigenvalue weighted by molar-refractivity contribution is 7.46. The number of rotatable bonds is 5. The minimum Gasteiger partial charge on any atom is -0.386 e. The van der Waals surface area contributed by atoms with Gasteiger partial charge in [0.05, 0.1) is 12.9 Å². The van der Waals surface area contributed by atoms with Gasteiger partial charge in [0.2, 0.25) is 5.95 Å². The van der Waals surface area contributed by atoms with Crippen LogP contribution in [0.15, 0.2) is 11.1 Å². The highest BCUT2D eigenvalue weighted by Gasteiger charge is 2.46. The molecule has 2 aromatic rings. The maximum atomic E-state index is 11.8. The van der Waals surface area contributed by atoms with Gasteiger partial charge in [0, 0.05) is 7.11 Å². The molecular formula is C11H16N5O8P. The van der Waals surface area contributed by atoms with Crippen molar-refractivity contribution < 1.29 is 33.5 Å². The first kappa shape index (κ1) is 17.9. The van der Waals surface area contributed by atoms with Crippen LogP contribution in [0.2, 0.25) is 0 Å². The number of nitrogen functional groups attached to an aromatic ring is 1. The molecule has 14 heteroatoms. The fourth-order valence-corrected chi connectivity index (χ4v) is 3.02. The van der Waals surface area contributed by atoms with E-state index in [9.17, 15) is 14.5 Å². The first-order valence-corrected chi connectivity index (χ1v) is 8.53. The number of fused-ring (bicyclic) bond motifs is 1. The number of phosphoric ester groups is 1. The summed E-state index contributed by atoms with van der Waals surface area (Å²) in [5.41, 5.74) is 5.04. The smallest absolute Gasteiger partial charge is 0.386 e. The van der Waals surface area contributed by atoms with Crippen molar-refractivity contribution in [2.24, 2.45) is 0 Å². The van der Waals surface area contributed by atoms with Gasteiger partial charge in [-0.05, 0) is 0 Å². The summed E-state index contributed by atoms with van der Waals surface area (Å²) in [4.78, 5) is 39.6. The molecule has 138 valence electrons. The number of nitrogens with two attached hydrogens (primary N) is 1. The van der Waals surface area contributed by atoms with E-state index in [1.165, 1.54) is 18.0 Å². The minimum absolute atomic E-state index is 0.00566. The molecule has 3 rings (SSSR count). The summed E-state index contributed by atoms with van der Waals surface area (Å²) < 4.78 is 27.3. The maximum absolute atomic E-state index is 11.8. The van der Waals surface area contributed by atoms with Crippen molar-refractivity contribution in [3.05, 3.63) is 16.7 Å². The Labute approximate surface area is 139 Å². The molecule has 13 nitrogen and oxygen atoms in total. The van der Waals surface area contributed by atoms with Crippen LogP contribution in [0, 0.1) is 0 Å². The van der Waals surface area contributed by atoms with E-state index in [4.69, 9.17) is 25.0 Å². The Hall–Kier alpha value is -1.86. The molecule has 4 atom stereocenters. The number of methoxy groups -OCH3 is 1. The fraction of sp³-hybridized carbons (Fsp3) is 0.545. The molecule has 4 unspecified atom stereocenters. The number of imidazole rings is 1. The van der Waals surface area contributed by atoms with Gasteiger partial charge in [0.15, 0.2) is 17.4 Å². The number of H-pyrrole nitrogens is 1. The molecule has 0 radical (unpaired) electrons. The summed E-state index contributed by atoms with van der Waals surface area (Å²) in [7, 11) is -3.41. The summed E-state index contributed by atoms with van der Waals surface area (Å²) in [6.45, 7) is -0.515. The Balaban J connectivity index is 1.93. The number of hydrogen-bond acceptors (Lipinski definition) is 9. The quantitative estimate of drug-likeness (QED) is 0.364. The number of nitrogens with zero attached hydrogens (tertiary/aromatic N) is 3. The minimum atomic E-state index is -4.72. The summed E-state index contributed by atoms with van der Waals surface area (Å²) in [6.07, 6.45) is -2.99. The van der Waals surface area contributed by atoms with Crippen molar-refractivity contribution in [3.63, 3.8) is 0 Å². The van der Waals surface area contributed by atoms with E-state index in [2.05, 4.69) is 19.5 Å². The van der Waals surface area contributed by atoms with Gasteiger partial charge in [-0.25, -0.2) is 9.55 Å². The molecule has 0 amide bonds. The SMILES string of the molecule is COC1C(COP(=O)(O)O)OC(n2cnc3c(=O)[nH]c(N)nc32)C1O. The number of phosphoric acid groups is 1. The van der Waals surface area contributed by atoms with Crippen LogP contribution in [0.3, 0.4) is 0 Å². The predicted octanol–water partition coefficient (Wildman–Crippen LogP) is -1.92. The van der Waals surface area contributed by atoms with Crippen molar-refractivity contribution in [1.82, 2.24) is 19.5 Å². The molecule has 2 aromatic heterocycles. The molecule has 25 heavy (non-hydrogen) atoms. The van der Waals surface area contributed by atoms with E-state index in [0.29, 0.717) is 0 Å². The molecule has 3 heterocycles. The first-order chi connectivity index (χ1) is 11.7. The standard InChI is InChI=1S/C11H16N5O8P/c1-22-7-4(2-23-25(19,20)21)24-10(6(7)17)16-3-13-5-8(16)14-11(12)15-9(5)18/h3-4,6-7,10,17H,2H2,1H3,(H2,19,20,21)(H3,12,14,15,18). The van der Waals surface area contributed by atoms with Gasteiger partial charge < -0.3 is 30.1 Å². The highest BCUT2D eigenvalue weighted by Crippen LogP contribution is 2.39. The Kier molecular flexibility index (Phi) is 4.64. The average molecular weight is 377 g/mol. The van der Waals surface area contributed by atoms with E-state index in [1.807, 2.05) is 0 Å². The molecule has 0 aliphatic carbocycles. The first-order valence-electron chi connectivity index (χ1n) is 7.00. The average Bonchev–Trinajstić information content (AvgIpc) is 3.05. The summed E-state index contributed by atoms with van der Waals surface area (Å²) in [6, 6.07) is 0. The molecule has 1 saturated heterocycles. The molecule has 1 aliphatic rings. The number of hydrogen-bond donors (Lipinski definition) is 5. The van der Waals surface area contributed by atoms with Crippen molar-refractivity contribution in [1.29, 1.82) is 0 Å². The number of aliphatic hydroxyl groups is 1. The Morgan fingerprint density at radius 1 is 1.52 bits per heavy atom. The third kappa shape index (κ3) is 3.43. The third-order valence-electron chi connectivity index (χ3n) is 3.71. The Bertz CT molecular complexity index is 877. The molecule has 1 fully saturated rings. The maximum Gasteiger partial charge on any atom is 0.469 e. The molecule has 6 N–H and O–H groups in total. The van der Waals surface area contributed by atoms with E-state index < -0.39 is 44.5 Å². The lowest BCUT2D eigenvalue weighted by molar-refractivity contribution is -0.0527.